The van der Waals surface area contributed by atoms with Crippen molar-refractivity contribution in [2.24, 2.45) is 5.92 Å². The number of esters is 1. The lowest BCUT2D eigenvalue weighted by Gasteiger charge is -2.20. The molecule has 3 heteroatoms. The summed E-state index contributed by atoms with van der Waals surface area (Å²) in [6.07, 6.45) is 5.41. The van der Waals surface area contributed by atoms with Crippen LogP contribution < -0.4 is 0 Å². The molecule has 2 rings (SSSR count). The molecule has 1 aliphatic rings. The number of aldehydes is 1. The highest BCUT2D eigenvalue weighted by Crippen LogP contribution is 2.30. The van der Waals surface area contributed by atoms with E-state index in [1.165, 1.54) is 5.57 Å². The normalized spacial score (nSPS) is 18.6. The van der Waals surface area contributed by atoms with E-state index in [9.17, 15) is 9.59 Å². The first-order valence-corrected chi connectivity index (χ1v) is 6.66. The summed E-state index contributed by atoms with van der Waals surface area (Å²) in [5.41, 5.74) is 3.07. The third-order valence-electron chi connectivity index (χ3n) is 3.45. The Morgan fingerprint density at radius 1 is 1.37 bits per heavy atom. The average Bonchev–Trinajstić information content (AvgIpc) is 2.48. The van der Waals surface area contributed by atoms with Gasteiger partial charge in [0.05, 0.1) is 12.5 Å². The Labute approximate surface area is 113 Å². The van der Waals surface area contributed by atoms with Crippen LogP contribution in [0.15, 0.2) is 30.3 Å². The molecule has 1 aromatic rings. The summed E-state index contributed by atoms with van der Waals surface area (Å²) in [7, 11) is 0. The maximum atomic E-state index is 11.6. The van der Waals surface area contributed by atoms with Gasteiger partial charge in [-0.15, -0.1) is 0 Å². The van der Waals surface area contributed by atoms with E-state index in [1.807, 2.05) is 31.2 Å². The summed E-state index contributed by atoms with van der Waals surface area (Å²) >= 11 is 0. The van der Waals surface area contributed by atoms with E-state index >= 15 is 0 Å². The summed E-state index contributed by atoms with van der Waals surface area (Å²) in [4.78, 5) is 22.2. The van der Waals surface area contributed by atoms with Crippen molar-refractivity contribution < 1.29 is 14.3 Å². The fourth-order valence-corrected chi connectivity index (χ4v) is 2.35. The Balaban J connectivity index is 2.03. The molecule has 0 aromatic heterocycles. The van der Waals surface area contributed by atoms with Crippen molar-refractivity contribution in [3.63, 3.8) is 0 Å². The van der Waals surface area contributed by atoms with Crippen LogP contribution in [0.25, 0.3) is 5.57 Å². The third-order valence-corrected chi connectivity index (χ3v) is 3.45. The minimum Gasteiger partial charge on any atom is -0.466 e. The molecule has 3 nitrogen and oxygen atoms in total. The number of carbonyl (C=O) groups excluding carboxylic acids is 2. The Hall–Kier alpha value is -1.90. The highest BCUT2D eigenvalue weighted by Gasteiger charge is 2.22. The van der Waals surface area contributed by atoms with Gasteiger partial charge in [0.15, 0.2) is 0 Å². The van der Waals surface area contributed by atoms with E-state index in [0.29, 0.717) is 12.2 Å². The van der Waals surface area contributed by atoms with Crippen molar-refractivity contribution in [3.05, 3.63) is 41.5 Å². The Kier molecular flexibility index (Phi) is 4.50. The Bertz CT molecular complexity index is 485. The van der Waals surface area contributed by atoms with Gasteiger partial charge in [-0.3, -0.25) is 9.59 Å². The second kappa shape index (κ2) is 6.32. The number of benzene rings is 1. The first kappa shape index (κ1) is 13.5. The Morgan fingerprint density at radius 2 is 2.11 bits per heavy atom. The van der Waals surface area contributed by atoms with E-state index < -0.39 is 0 Å². The lowest BCUT2D eigenvalue weighted by molar-refractivity contribution is -0.148. The summed E-state index contributed by atoms with van der Waals surface area (Å²) < 4.78 is 5.05. The average molecular weight is 258 g/mol. The van der Waals surface area contributed by atoms with Crippen LogP contribution in [-0.4, -0.2) is 18.9 Å². The number of ether oxygens (including phenoxy) is 1. The maximum absolute atomic E-state index is 11.6. The van der Waals surface area contributed by atoms with Crippen LogP contribution in [0.4, 0.5) is 0 Å². The minimum atomic E-state index is -0.0888. The van der Waals surface area contributed by atoms with Crippen molar-refractivity contribution in [1.29, 1.82) is 0 Å². The first-order chi connectivity index (χ1) is 9.24. The van der Waals surface area contributed by atoms with Crippen LogP contribution in [0.1, 0.15) is 42.1 Å². The van der Waals surface area contributed by atoms with Gasteiger partial charge in [-0.05, 0) is 37.3 Å². The minimum absolute atomic E-state index is 0.00190. The molecule has 0 fully saturated rings. The zero-order valence-electron chi connectivity index (χ0n) is 11.1. The molecule has 0 saturated carbocycles. The number of hydrogen-bond acceptors (Lipinski definition) is 3. The quantitative estimate of drug-likeness (QED) is 0.615. The molecule has 0 saturated heterocycles. The highest BCUT2D eigenvalue weighted by atomic mass is 16.5. The van der Waals surface area contributed by atoms with Gasteiger partial charge in [0.25, 0.3) is 0 Å². The fraction of sp³-hybridized carbons (Fsp3) is 0.375. The molecule has 1 unspecified atom stereocenters. The summed E-state index contributed by atoms with van der Waals surface area (Å²) in [6.45, 7) is 2.27. The van der Waals surface area contributed by atoms with Crippen molar-refractivity contribution in [3.8, 4) is 0 Å². The second-order valence-corrected chi connectivity index (χ2v) is 4.69. The molecule has 1 aliphatic carbocycles. The van der Waals surface area contributed by atoms with Gasteiger partial charge in [0.2, 0.25) is 0 Å². The summed E-state index contributed by atoms with van der Waals surface area (Å²) in [5, 5.41) is 0. The van der Waals surface area contributed by atoms with Gasteiger partial charge < -0.3 is 4.74 Å². The van der Waals surface area contributed by atoms with E-state index in [0.717, 1.165) is 31.1 Å². The van der Waals surface area contributed by atoms with Crippen LogP contribution in [-0.2, 0) is 9.53 Å². The monoisotopic (exact) mass is 258 g/mol. The summed E-state index contributed by atoms with van der Waals surface area (Å²) in [5.74, 6) is -0.0907. The Morgan fingerprint density at radius 3 is 2.63 bits per heavy atom. The molecule has 0 spiro atoms. The second-order valence-electron chi connectivity index (χ2n) is 4.69. The fourth-order valence-electron chi connectivity index (χ4n) is 2.35. The SMILES string of the molecule is CCOC(=O)C1CC=C(c2ccc(C=O)cc2)CC1. The molecular weight excluding hydrogens is 240 g/mol. The third kappa shape index (κ3) is 3.31. The molecule has 1 atom stereocenters. The van der Waals surface area contributed by atoms with Crippen molar-refractivity contribution in [1.82, 2.24) is 0 Å². The van der Waals surface area contributed by atoms with Crippen molar-refractivity contribution in [2.75, 3.05) is 6.61 Å². The van der Waals surface area contributed by atoms with Crippen LogP contribution in [0.2, 0.25) is 0 Å². The molecule has 0 radical (unpaired) electrons. The van der Waals surface area contributed by atoms with Gasteiger partial charge in [0, 0.05) is 5.56 Å². The number of carbonyl (C=O) groups is 2. The largest absolute Gasteiger partial charge is 0.466 e. The molecule has 19 heavy (non-hydrogen) atoms. The predicted octanol–water partition coefficient (Wildman–Crippen LogP) is 3.25. The van der Waals surface area contributed by atoms with Gasteiger partial charge >= 0.3 is 5.97 Å². The molecule has 0 aliphatic heterocycles. The van der Waals surface area contributed by atoms with Crippen molar-refractivity contribution in [2.45, 2.75) is 26.2 Å². The van der Waals surface area contributed by atoms with Gasteiger partial charge in [-0.1, -0.05) is 30.3 Å². The number of allylic oxidation sites excluding steroid dienone is 2. The smallest absolute Gasteiger partial charge is 0.309 e. The molecule has 100 valence electrons. The summed E-state index contributed by atoms with van der Waals surface area (Å²) in [6, 6.07) is 7.56. The standard InChI is InChI=1S/C16H18O3/c1-2-19-16(18)15-9-7-14(8-10-15)13-5-3-12(11-17)4-6-13/h3-7,11,15H,2,8-10H2,1H3. The van der Waals surface area contributed by atoms with Crippen LogP contribution in [0.5, 0.6) is 0 Å². The van der Waals surface area contributed by atoms with Gasteiger partial charge in [-0.25, -0.2) is 0 Å². The van der Waals surface area contributed by atoms with Crippen LogP contribution in [0, 0.1) is 5.92 Å². The molecule has 0 amide bonds. The van der Waals surface area contributed by atoms with E-state index in [-0.39, 0.29) is 11.9 Å². The first-order valence-electron chi connectivity index (χ1n) is 6.66. The highest BCUT2D eigenvalue weighted by molar-refractivity contribution is 5.78. The van der Waals surface area contributed by atoms with Gasteiger partial charge in [-0.2, -0.15) is 0 Å². The topological polar surface area (TPSA) is 43.4 Å². The van der Waals surface area contributed by atoms with E-state index in [2.05, 4.69) is 6.08 Å². The zero-order chi connectivity index (χ0) is 13.7. The molecule has 1 aromatic carbocycles. The molecule has 0 heterocycles. The number of rotatable bonds is 4. The lowest BCUT2D eigenvalue weighted by Crippen LogP contribution is -2.19. The molecule has 0 bridgehead atoms. The zero-order valence-corrected chi connectivity index (χ0v) is 11.1. The van der Waals surface area contributed by atoms with E-state index in [1.54, 1.807) is 0 Å². The predicted molar refractivity (Wildman–Crippen MR) is 73.8 cm³/mol. The van der Waals surface area contributed by atoms with Crippen LogP contribution >= 0.6 is 0 Å². The van der Waals surface area contributed by atoms with Crippen LogP contribution in [0.3, 0.4) is 0 Å². The number of hydrogen-bond donors (Lipinski definition) is 0. The molecular formula is C16H18O3. The van der Waals surface area contributed by atoms with E-state index in [4.69, 9.17) is 4.74 Å². The molecule has 0 N–H and O–H groups in total. The lowest BCUT2D eigenvalue weighted by atomic mass is 9.86. The maximum Gasteiger partial charge on any atom is 0.309 e. The van der Waals surface area contributed by atoms with Crippen molar-refractivity contribution >= 4 is 17.8 Å². The van der Waals surface area contributed by atoms with Gasteiger partial charge in [0.1, 0.15) is 6.29 Å².